The summed E-state index contributed by atoms with van der Waals surface area (Å²) < 4.78 is 0. The number of benzene rings is 1. The molecule has 0 saturated carbocycles. The van der Waals surface area contributed by atoms with Crippen LogP contribution < -0.4 is 5.73 Å². The molecular weight excluding hydrogens is 350 g/mol. The van der Waals surface area contributed by atoms with E-state index >= 15 is 0 Å². The van der Waals surface area contributed by atoms with Gasteiger partial charge < -0.3 is 20.8 Å². The predicted molar refractivity (Wildman–Crippen MR) is 115 cm³/mol. The SMILES string of the molecule is C\C=C/C(O)=C\C=C(/C)c1c[nH]c2ncc(-c3c(N)ccc4[nH]cnc34)cc12. The van der Waals surface area contributed by atoms with Crippen LogP contribution in [0.1, 0.15) is 19.4 Å². The van der Waals surface area contributed by atoms with Crippen LogP contribution in [0.15, 0.2) is 67.0 Å². The van der Waals surface area contributed by atoms with Crippen LogP contribution in [0, 0.1) is 0 Å². The molecule has 4 rings (SSSR count). The molecule has 3 aromatic heterocycles. The van der Waals surface area contributed by atoms with Gasteiger partial charge in [-0.2, -0.15) is 0 Å². The van der Waals surface area contributed by atoms with E-state index in [-0.39, 0.29) is 5.76 Å². The van der Waals surface area contributed by atoms with Gasteiger partial charge in [0.1, 0.15) is 11.4 Å². The summed E-state index contributed by atoms with van der Waals surface area (Å²) in [5.74, 6) is 0.207. The fraction of sp³-hybridized carbons (Fsp3) is 0.0909. The number of allylic oxidation sites excluding steroid dienone is 5. The van der Waals surface area contributed by atoms with E-state index in [1.165, 1.54) is 0 Å². The van der Waals surface area contributed by atoms with Gasteiger partial charge in [-0.3, -0.25) is 0 Å². The van der Waals surface area contributed by atoms with Gasteiger partial charge in [-0.05, 0) is 49.8 Å². The van der Waals surface area contributed by atoms with E-state index in [0.717, 1.165) is 44.3 Å². The molecule has 0 atom stereocenters. The molecular formula is C22H21N5O. The predicted octanol–water partition coefficient (Wildman–Crippen LogP) is 5.11. The van der Waals surface area contributed by atoms with Crippen molar-refractivity contribution in [3.05, 3.63) is 72.5 Å². The second-order valence-electron chi connectivity index (χ2n) is 6.59. The highest BCUT2D eigenvalue weighted by atomic mass is 16.3. The van der Waals surface area contributed by atoms with Gasteiger partial charge in [-0.1, -0.05) is 12.2 Å². The molecule has 0 radical (unpaired) electrons. The molecule has 4 aromatic rings. The summed E-state index contributed by atoms with van der Waals surface area (Å²) in [4.78, 5) is 15.3. The van der Waals surface area contributed by atoms with Gasteiger partial charge in [-0.15, -0.1) is 0 Å². The molecule has 28 heavy (non-hydrogen) atoms. The Morgan fingerprint density at radius 3 is 2.86 bits per heavy atom. The number of aromatic nitrogens is 4. The van der Waals surface area contributed by atoms with E-state index in [4.69, 9.17) is 5.73 Å². The first-order valence-electron chi connectivity index (χ1n) is 8.98. The first-order valence-corrected chi connectivity index (χ1v) is 8.98. The van der Waals surface area contributed by atoms with Gasteiger partial charge in [0.25, 0.3) is 0 Å². The van der Waals surface area contributed by atoms with Crippen LogP contribution >= 0.6 is 0 Å². The number of H-pyrrole nitrogens is 2. The zero-order chi connectivity index (χ0) is 19.7. The monoisotopic (exact) mass is 371 g/mol. The number of nitrogens with one attached hydrogen (secondary N) is 2. The van der Waals surface area contributed by atoms with Crippen LogP contribution in [0.5, 0.6) is 0 Å². The van der Waals surface area contributed by atoms with Gasteiger partial charge in [0.05, 0.1) is 17.4 Å². The number of hydrogen-bond donors (Lipinski definition) is 4. The summed E-state index contributed by atoms with van der Waals surface area (Å²) in [6.45, 7) is 3.86. The Morgan fingerprint density at radius 2 is 2.04 bits per heavy atom. The number of rotatable bonds is 4. The molecule has 1 aromatic carbocycles. The lowest BCUT2D eigenvalue weighted by atomic mass is 10.0. The zero-order valence-corrected chi connectivity index (χ0v) is 15.7. The van der Waals surface area contributed by atoms with Crippen molar-refractivity contribution >= 4 is 33.3 Å². The number of nitrogens with two attached hydrogens (primary N) is 1. The Balaban J connectivity index is 1.85. The summed E-state index contributed by atoms with van der Waals surface area (Å²) >= 11 is 0. The van der Waals surface area contributed by atoms with E-state index in [0.29, 0.717) is 5.69 Å². The lowest BCUT2D eigenvalue weighted by Gasteiger charge is -2.07. The molecule has 0 amide bonds. The topological polar surface area (TPSA) is 104 Å². The molecule has 0 aliphatic heterocycles. The quantitative estimate of drug-likeness (QED) is 0.227. The third kappa shape index (κ3) is 3.05. The third-order valence-electron chi connectivity index (χ3n) is 4.71. The third-order valence-corrected chi connectivity index (χ3v) is 4.71. The summed E-state index contributed by atoms with van der Waals surface area (Å²) in [6, 6.07) is 5.87. The summed E-state index contributed by atoms with van der Waals surface area (Å²) in [5, 5.41) is 10.8. The molecule has 5 N–H and O–H groups in total. The highest BCUT2D eigenvalue weighted by molar-refractivity contribution is 6.01. The molecule has 0 bridgehead atoms. The van der Waals surface area contributed by atoms with Gasteiger partial charge in [0.2, 0.25) is 0 Å². The van der Waals surface area contributed by atoms with E-state index in [2.05, 4.69) is 26.0 Å². The lowest BCUT2D eigenvalue weighted by Crippen LogP contribution is -1.92. The lowest BCUT2D eigenvalue weighted by molar-refractivity contribution is 0.432. The summed E-state index contributed by atoms with van der Waals surface area (Å²) in [7, 11) is 0. The number of pyridine rings is 1. The standard InChI is InChI=1S/C22H21N5O/c1-3-4-15(28)6-5-13(2)17-11-25-22-16(17)9-14(10-24-22)20-18(23)7-8-19-21(20)27-12-26-19/h3-12,28H,23H2,1-2H3,(H,24,25)(H,26,27)/b4-3-,13-5+,15-6+. The highest BCUT2D eigenvalue weighted by Crippen LogP contribution is 2.34. The minimum Gasteiger partial charge on any atom is -0.508 e. The molecule has 0 fully saturated rings. The molecule has 0 spiro atoms. The average Bonchev–Trinajstić information content (AvgIpc) is 3.32. The first-order chi connectivity index (χ1) is 13.6. The molecule has 0 aliphatic rings. The number of nitrogens with zero attached hydrogens (tertiary/aromatic N) is 2. The van der Waals surface area contributed by atoms with Gasteiger partial charge in [0, 0.05) is 40.2 Å². The second-order valence-corrected chi connectivity index (χ2v) is 6.59. The number of imidazole rings is 1. The Morgan fingerprint density at radius 1 is 1.18 bits per heavy atom. The van der Waals surface area contributed by atoms with Crippen LogP contribution in [0.25, 0.3) is 38.8 Å². The Labute approximate surface area is 162 Å². The van der Waals surface area contributed by atoms with Gasteiger partial charge in [0.15, 0.2) is 0 Å². The molecule has 6 heteroatoms. The maximum atomic E-state index is 9.80. The van der Waals surface area contributed by atoms with Gasteiger partial charge in [-0.25, -0.2) is 9.97 Å². The van der Waals surface area contributed by atoms with Crippen LogP contribution in [0.3, 0.4) is 0 Å². The van der Waals surface area contributed by atoms with Gasteiger partial charge >= 0.3 is 0 Å². The van der Waals surface area contributed by atoms with Crippen molar-refractivity contribution in [2.75, 3.05) is 5.73 Å². The van der Waals surface area contributed by atoms with Crippen molar-refractivity contribution in [3.63, 3.8) is 0 Å². The molecule has 6 nitrogen and oxygen atoms in total. The average molecular weight is 371 g/mol. The number of hydrogen-bond acceptors (Lipinski definition) is 4. The molecule has 0 aliphatic carbocycles. The normalized spacial score (nSPS) is 13.2. The van der Waals surface area contributed by atoms with E-state index < -0.39 is 0 Å². The van der Waals surface area contributed by atoms with Crippen molar-refractivity contribution in [3.8, 4) is 11.1 Å². The Bertz CT molecular complexity index is 1260. The van der Waals surface area contributed by atoms with Crippen molar-refractivity contribution in [2.24, 2.45) is 0 Å². The Hall–Kier alpha value is -3.80. The number of fused-ring (bicyclic) bond motifs is 2. The number of aromatic amines is 2. The summed E-state index contributed by atoms with van der Waals surface area (Å²) in [5.41, 5.74) is 13.3. The van der Waals surface area contributed by atoms with Crippen molar-refractivity contribution in [1.29, 1.82) is 0 Å². The number of anilines is 1. The van der Waals surface area contributed by atoms with E-state index in [1.807, 2.05) is 38.3 Å². The van der Waals surface area contributed by atoms with Crippen LogP contribution in [0.2, 0.25) is 0 Å². The fourth-order valence-electron chi connectivity index (χ4n) is 3.32. The maximum absolute atomic E-state index is 9.80. The van der Waals surface area contributed by atoms with Crippen molar-refractivity contribution in [1.82, 2.24) is 19.9 Å². The second kappa shape index (κ2) is 7.08. The minimum absolute atomic E-state index is 0.207. The van der Waals surface area contributed by atoms with Crippen LogP contribution in [-0.2, 0) is 0 Å². The van der Waals surface area contributed by atoms with Crippen LogP contribution in [-0.4, -0.2) is 25.0 Å². The van der Waals surface area contributed by atoms with E-state index in [1.54, 1.807) is 30.8 Å². The van der Waals surface area contributed by atoms with Crippen LogP contribution in [0.4, 0.5) is 5.69 Å². The smallest absolute Gasteiger partial charge is 0.137 e. The molecule has 0 saturated heterocycles. The van der Waals surface area contributed by atoms with Crippen molar-refractivity contribution < 1.29 is 5.11 Å². The number of nitrogen functional groups attached to an aromatic ring is 1. The zero-order valence-electron chi connectivity index (χ0n) is 15.7. The number of aliphatic hydroxyl groups excluding tert-OH is 1. The summed E-state index contributed by atoms with van der Waals surface area (Å²) in [6.07, 6.45) is 12.4. The minimum atomic E-state index is 0.207. The fourth-order valence-corrected chi connectivity index (χ4v) is 3.32. The Kier molecular flexibility index (Phi) is 4.45. The first kappa shape index (κ1) is 17.6. The highest BCUT2D eigenvalue weighted by Gasteiger charge is 2.13. The molecule has 0 unspecified atom stereocenters. The largest absolute Gasteiger partial charge is 0.508 e. The maximum Gasteiger partial charge on any atom is 0.137 e. The molecule has 140 valence electrons. The number of aliphatic hydroxyl groups is 1. The van der Waals surface area contributed by atoms with E-state index in [9.17, 15) is 5.11 Å². The van der Waals surface area contributed by atoms with Crippen molar-refractivity contribution in [2.45, 2.75) is 13.8 Å². The molecule has 3 heterocycles.